The number of carbonyl (C=O) groups is 1. The number of unbranched alkanes of at least 4 members (excludes halogenated alkanes) is 3. The number of aromatic nitrogens is 1. The maximum atomic E-state index is 11.1. The van der Waals surface area contributed by atoms with Gasteiger partial charge in [0.1, 0.15) is 0 Å². The molecule has 1 aromatic rings. The van der Waals surface area contributed by atoms with Gasteiger partial charge in [-0.25, -0.2) is 4.79 Å². The molecule has 0 unspecified atom stereocenters. The second kappa shape index (κ2) is 7.71. The smallest absolute Gasteiger partial charge is 0.333 e. The summed E-state index contributed by atoms with van der Waals surface area (Å²) in [5.74, 6) is -0.281. The Morgan fingerprint density at radius 1 is 1.35 bits per heavy atom. The van der Waals surface area contributed by atoms with Crippen LogP contribution in [0.15, 0.2) is 30.5 Å². The van der Waals surface area contributed by atoms with Crippen LogP contribution in [0, 0.1) is 0 Å². The molecule has 0 aliphatic carbocycles. The highest BCUT2D eigenvalue weighted by molar-refractivity contribution is 5.86. The van der Waals surface area contributed by atoms with E-state index in [0.29, 0.717) is 12.2 Å². The zero-order valence-corrected chi connectivity index (χ0v) is 10.5. The third-order valence-electron chi connectivity index (χ3n) is 2.58. The minimum absolute atomic E-state index is 0.281. The van der Waals surface area contributed by atoms with Crippen LogP contribution in [-0.2, 0) is 16.0 Å². The quantitative estimate of drug-likeness (QED) is 0.427. The molecule has 0 saturated carbocycles. The van der Waals surface area contributed by atoms with Gasteiger partial charge in [0, 0.05) is 17.5 Å². The van der Waals surface area contributed by atoms with E-state index in [0.717, 1.165) is 19.3 Å². The highest BCUT2D eigenvalue weighted by atomic mass is 16.5. The van der Waals surface area contributed by atoms with Crippen molar-refractivity contribution in [1.82, 2.24) is 4.98 Å². The third kappa shape index (κ3) is 5.95. The SMILES string of the molecule is C=C(C)C(=O)OCCCCCCc1ccc[nH]1. The van der Waals surface area contributed by atoms with Gasteiger partial charge in [0.15, 0.2) is 0 Å². The van der Waals surface area contributed by atoms with Crippen LogP contribution in [0.3, 0.4) is 0 Å². The molecule has 3 nitrogen and oxygen atoms in total. The zero-order valence-electron chi connectivity index (χ0n) is 10.5. The van der Waals surface area contributed by atoms with E-state index < -0.39 is 0 Å². The first-order valence-corrected chi connectivity index (χ1v) is 6.15. The molecule has 0 fully saturated rings. The lowest BCUT2D eigenvalue weighted by atomic mass is 10.1. The lowest BCUT2D eigenvalue weighted by molar-refractivity contribution is -0.139. The summed E-state index contributed by atoms with van der Waals surface area (Å²) in [6.45, 7) is 5.71. The maximum Gasteiger partial charge on any atom is 0.333 e. The molecule has 1 rings (SSSR count). The van der Waals surface area contributed by atoms with E-state index >= 15 is 0 Å². The number of rotatable bonds is 8. The molecular formula is C14H21NO2. The van der Waals surface area contributed by atoms with Crippen molar-refractivity contribution in [3.05, 3.63) is 36.2 Å². The van der Waals surface area contributed by atoms with E-state index in [9.17, 15) is 4.79 Å². The van der Waals surface area contributed by atoms with Crippen LogP contribution in [0.2, 0.25) is 0 Å². The summed E-state index contributed by atoms with van der Waals surface area (Å²) in [5.41, 5.74) is 1.76. The molecule has 0 radical (unpaired) electrons. The van der Waals surface area contributed by atoms with E-state index in [-0.39, 0.29) is 5.97 Å². The molecule has 0 spiro atoms. The van der Waals surface area contributed by atoms with Crippen molar-refractivity contribution in [3.8, 4) is 0 Å². The van der Waals surface area contributed by atoms with Crippen molar-refractivity contribution in [3.63, 3.8) is 0 Å². The van der Waals surface area contributed by atoms with Gasteiger partial charge >= 0.3 is 5.97 Å². The number of aromatic amines is 1. The molecule has 1 N–H and O–H groups in total. The second-order valence-electron chi connectivity index (χ2n) is 4.28. The van der Waals surface area contributed by atoms with Crippen LogP contribution in [0.5, 0.6) is 0 Å². The van der Waals surface area contributed by atoms with Crippen LogP contribution in [-0.4, -0.2) is 17.6 Å². The van der Waals surface area contributed by atoms with Crippen molar-refractivity contribution in [2.75, 3.05) is 6.61 Å². The summed E-state index contributed by atoms with van der Waals surface area (Å²) in [4.78, 5) is 14.2. The Morgan fingerprint density at radius 3 is 2.76 bits per heavy atom. The monoisotopic (exact) mass is 235 g/mol. The molecule has 1 aromatic heterocycles. The number of carbonyl (C=O) groups excluding carboxylic acids is 1. The Hall–Kier alpha value is -1.51. The molecule has 0 aromatic carbocycles. The highest BCUT2D eigenvalue weighted by Crippen LogP contribution is 2.06. The molecule has 0 bridgehead atoms. The summed E-state index contributed by atoms with van der Waals surface area (Å²) >= 11 is 0. The predicted molar refractivity (Wildman–Crippen MR) is 68.7 cm³/mol. The number of H-pyrrole nitrogens is 1. The first-order valence-electron chi connectivity index (χ1n) is 6.15. The molecule has 1 heterocycles. The third-order valence-corrected chi connectivity index (χ3v) is 2.58. The number of ether oxygens (including phenoxy) is 1. The van der Waals surface area contributed by atoms with Gasteiger partial charge in [0.05, 0.1) is 6.61 Å². The Bertz CT molecular complexity index is 341. The van der Waals surface area contributed by atoms with Crippen molar-refractivity contribution >= 4 is 5.97 Å². The highest BCUT2D eigenvalue weighted by Gasteiger charge is 2.01. The normalized spacial score (nSPS) is 10.2. The fraction of sp³-hybridized carbons (Fsp3) is 0.500. The lowest BCUT2D eigenvalue weighted by Gasteiger charge is -2.04. The topological polar surface area (TPSA) is 42.1 Å². The van der Waals surface area contributed by atoms with Gasteiger partial charge in [-0.05, 0) is 38.3 Å². The Morgan fingerprint density at radius 2 is 2.12 bits per heavy atom. The van der Waals surface area contributed by atoms with E-state index in [1.807, 2.05) is 12.3 Å². The van der Waals surface area contributed by atoms with Crippen LogP contribution in [0.25, 0.3) is 0 Å². The molecule has 0 amide bonds. The van der Waals surface area contributed by atoms with Crippen molar-refractivity contribution in [2.24, 2.45) is 0 Å². The zero-order chi connectivity index (χ0) is 12.5. The minimum Gasteiger partial charge on any atom is -0.462 e. The average molecular weight is 235 g/mol. The van der Waals surface area contributed by atoms with Crippen LogP contribution < -0.4 is 0 Å². The van der Waals surface area contributed by atoms with E-state index in [2.05, 4.69) is 17.6 Å². The summed E-state index contributed by atoms with van der Waals surface area (Å²) < 4.78 is 5.01. The van der Waals surface area contributed by atoms with E-state index in [1.54, 1.807) is 6.92 Å². The lowest BCUT2D eigenvalue weighted by Crippen LogP contribution is -2.06. The van der Waals surface area contributed by atoms with Gasteiger partial charge in [-0.15, -0.1) is 0 Å². The van der Waals surface area contributed by atoms with E-state index in [1.165, 1.54) is 18.5 Å². The first kappa shape index (κ1) is 13.6. The predicted octanol–water partition coefficient (Wildman–Crippen LogP) is 3.24. The Labute approximate surface area is 103 Å². The summed E-state index contributed by atoms with van der Waals surface area (Å²) in [6.07, 6.45) is 7.43. The maximum absolute atomic E-state index is 11.1. The standard InChI is InChI=1S/C14H21NO2/c1-12(2)14(16)17-11-6-4-3-5-8-13-9-7-10-15-13/h7,9-10,15H,1,3-6,8,11H2,2H3. The molecule has 0 saturated heterocycles. The molecule has 17 heavy (non-hydrogen) atoms. The Balaban J connectivity index is 1.91. The molecular weight excluding hydrogens is 214 g/mol. The number of hydrogen-bond acceptors (Lipinski definition) is 2. The number of esters is 1. The number of hydrogen-bond donors (Lipinski definition) is 1. The largest absolute Gasteiger partial charge is 0.462 e. The first-order chi connectivity index (χ1) is 8.20. The Kier molecular flexibility index (Phi) is 6.15. The fourth-order valence-corrected chi connectivity index (χ4v) is 1.58. The summed E-state index contributed by atoms with van der Waals surface area (Å²) in [5, 5.41) is 0. The summed E-state index contributed by atoms with van der Waals surface area (Å²) in [7, 11) is 0. The number of nitrogens with one attached hydrogen (secondary N) is 1. The summed E-state index contributed by atoms with van der Waals surface area (Å²) in [6, 6.07) is 4.13. The van der Waals surface area contributed by atoms with Gasteiger partial charge < -0.3 is 9.72 Å². The molecule has 0 aliphatic heterocycles. The molecule has 0 atom stereocenters. The van der Waals surface area contributed by atoms with Gasteiger partial charge in [-0.1, -0.05) is 19.4 Å². The molecule has 94 valence electrons. The molecule has 0 aliphatic rings. The second-order valence-corrected chi connectivity index (χ2v) is 4.28. The average Bonchev–Trinajstić information content (AvgIpc) is 2.80. The van der Waals surface area contributed by atoms with Crippen molar-refractivity contribution in [1.29, 1.82) is 0 Å². The fourth-order valence-electron chi connectivity index (χ4n) is 1.58. The van der Waals surface area contributed by atoms with Crippen molar-refractivity contribution < 1.29 is 9.53 Å². The van der Waals surface area contributed by atoms with Crippen LogP contribution >= 0.6 is 0 Å². The van der Waals surface area contributed by atoms with Gasteiger partial charge in [-0.2, -0.15) is 0 Å². The van der Waals surface area contributed by atoms with Gasteiger partial charge in [0.2, 0.25) is 0 Å². The van der Waals surface area contributed by atoms with Gasteiger partial charge in [-0.3, -0.25) is 0 Å². The number of aryl methyl sites for hydroxylation is 1. The van der Waals surface area contributed by atoms with E-state index in [4.69, 9.17) is 4.74 Å². The minimum atomic E-state index is -0.281. The van der Waals surface area contributed by atoms with Crippen LogP contribution in [0.4, 0.5) is 0 Å². The molecule has 3 heteroatoms. The van der Waals surface area contributed by atoms with Gasteiger partial charge in [0.25, 0.3) is 0 Å². The van der Waals surface area contributed by atoms with Crippen molar-refractivity contribution in [2.45, 2.75) is 39.0 Å². The van der Waals surface area contributed by atoms with Crippen LogP contribution in [0.1, 0.15) is 38.3 Å².